The highest BCUT2D eigenvalue weighted by molar-refractivity contribution is 7.18. The molecule has 0 saturated heterocycles. The van der Waals surface area contributed by atoms with E-state index in [9.17, 15) is 4.79 Å². The lowest BCUT2D eigenvalue weighted by Crippen LogP contribution is -2.13. The molecule has 0 saturated carbocycles. The van der Waals surface area contributed by atoms with Gasteiger partial charge in [0.05, 0.1) is 0 Å². The molecule has 4 N–H and O–H groups in total. The number of amides is 1. The second kappa shape index (κ2) is 5.27. The topological polar surface area (TPSA) is 80.0 Å². The molecular formula is C13H16N4OS. The lowest BCUT2D eigenvalue weighted by atomic mass is 10.1. The summed E-state index contributed by atoms with van der Waals surface area (Å²) in [7, 11) is 1.74. The maximum Gasteiger partial charge on any atom is 0.269 e. The lowest BCUT2D eigenvalue weighted by molar-refractivity contribution is 0.103. The van der Waals surface area contributed by atoms with Gasteiger partial charge in [0.15, 0.2) is 5.13 Å². The van der Waals surface area contributed by atoms with E-state index in [4.69, 9.17) is 5.73 Å². The summed E-state index contributed by atoms with van der Waals surface area (Å²) in [5.41, 5.74) is 8.70. The van der Waals surface area contributed by atoms with E-state index in [-0.39, 0.29) is 11.7 Å². The lowest BCUT2D eigenvalue weighted by Gasteiger charge is -2.08. The summed E-state index contributed by atoms with van der Waals surface area (Å²) < 4.78 is 0. The highest BCUT2D eigenvalue weighted by Gasteiger charge is 2.16. The van der Waals surface area contributed by atoms with Crippen molar-refractivity contribution in [1.29, 1.82) is 0 Å². The van der Waals surface area contributed by atoms with Crippen LogP contribution in [-0.2, 0) is 0 Å². The Morgan fingerprint density at radius 3 is 2.68 bits per heavy atom. The van der Waals surface area contributed by atoms with E-state index >= 15 is 0 Å². The number of nitrogens with zero attached hydrogens (tertiary/aromatic N) is 1. The van der Waals surface area contributed by atoms with Crippen molar-refractivity contribution >= 4 is 33.9 Å². The molecular weight excluding hydrogens is 260 g/mol. The first-order chi connectivity index (χ1) is 9.01. The van der Waals surface area contributed by atoms with Crippen molar-refractivity contribution in [2.75, 3.05) is 23.4 Å². The van der Waals surface area contributed by atoms with Crippen LogP contribution in [0.2, 0.25) is 0 Å². The zero-order valence-electron chi connectivity index (χ0n) is 11.1. The van der Waals surface area contributed by atoms with Gasteiger partial charge in [-0.3, -0.25) is 4.79 Å². The Kier molecular flexibility index (Phi) is 3.71. The molecule has 2 aromatic rings. The van der Waals surface area contributed by atoms with Gasteiger partial charge in [-0.1, -0.05) is 29.0 Å². The van der Waals surface area contributed by atoms with Gasteiger partial charge >= 0.3 is 0 Å². The molecule has 1 amide bonds. The van der Waals surface area contributed by atoms with Crippen LogP contribution in [0.4, 0.5) is 16.6 Å². The van der Waals surface area contributed by atoms with E-state index in [0.29, 0.717) is 10.0 Å². The van der Waals surface area contributed by atoms with Gasteiger partial charge in [-0.2, -0.15) is 0 Å². The molecule has 1 aromatic carbocycles. The number of hydrogen-bond donors (Lipinski definition) is 3. The summed E-state index contributed by atoms with van der Waals surface area (Å²) in [4.78, 5) is 16.6. The number of anilines is 3. The molecule has 0 bridgehead atoms. The summed E-state index contributed by atoms with van der Waals surface area (Å²) in [5, 5.41) is 6.36. The Morgan fingerprint density at radius 2 is 2.11 bits per heavy atom. The Morgan fingerprint density at radius 1 is 1.37 bits per heavy atom. The minimum Gasteiger partial charge on any atom is -0.382 e. The van der Waals surface area contributed by atoms with E-state index in [1.165, 1.54) is 11.3 Å². The third kappa shape index (κ3) is 2.85. The van der Waals surface area contributed by atoms with E-state index in [2.05, 4.69) is 15.6 Å². The number of carbonyl (C=O) groups is 1. The summed E-state index contributed by atoms with van der Waals surface area (Å²) in [5.74, 6) is 0.0140. The minimum atomic E-state index is -0.233. The van der Waals surface area contributed by atoms with E-state index < -0.39 is 0 Å². The number of benzene rings is 1. The van der Waals surface area contributed by atoms with Gasteiger partial charge in [0.25, 0.3) is 5.91 Å². The summed E-state index contributed by atoms with van der Waals surface area (Å²) in [6.45, 7) is 3.97. The van der Waals surface area contributed by atoms with Crippen LogP contribution >= 0.6 is 11.3 Å². The highest BCUT2D eigenvalue weighted by Crippen LogP contribution is 2.26. The van der Waals surface area contributed by atoms with Crippen LogP contribution in [0.1, 0.15) is 20.8 Å². The number of rotatable bonds is 3. The summed E-state index contributed by atoms with van der Waals surface area (Å²) in [6, 6.07) is 5.86. The number of carbonyl (C=O) groups excluding carboxylic acids is 1. The molecule has 5 nitrogen and oxygen atoms in total. The fourth-order valence-electron chi connectivity index (χ4n) is 1.73. The number of nitrogens with two attached hydrogens (primary N) is 1. The number of aromatic nitrogens is 1. The van der Waals surface area contributed by atoms with Crippen LogP contribution in [0.15, 0.2) is 18.2 Å². The van der Waals surface area contributed by atoms with Gasteiger partial charge in [0.2, 0.25) is 0 Å². The predicted octanol–water partition coefficient (Wildman–Crippen LogP) is 2.64. The molecule has 0 aliphatic rings. The normalized spacial score (nSPS) is 10.3. The monoisotopic (exact) mass is 276 g/mol. The number of nitrogens with one attached hydrogen (secondary N) is 2. The van der Waals surface area contributed by atoms with Crippen molar-refractivity contribution in [3.63, 3.8) is 0 Å². The average molecular weight is 276 g/mol. The van der Waals surface area contributed by atoms with E-state index in [1.807, 2.05) is 32.0 Å². The zero-order chi connectivity index (χ0) is 14.0. The highest BCUT2D eigenvalue weighted by atomic mass is 32.1. The van der Waals surface area contributed by atoms with Gasteiger partial charge in [0.1, 0.15) is 10.7 Å². The van der Waals surface area contributed by atoms with Gasteiger partial charge in [-0.05, 0) is 25.5 Å². The Balaban J connectivity index is 2.23. The van der Waals surface area contributed by atoms with Crippen LogP contribution in [0, 0.1) is 13.8 Å². The predicted molar refractivity (Wildman–Crippen MR) is 79.9 cm³/mol. The maximum absolute atomic E-state index is 12.2. The van der Waals surface area contributed by atoms with Gasteiger partial charge in [-0.15, -0.1) is 0 Å². The zero-order valence-corrected chi connectivity index (χ0v) is 11.9. The first kappa shape index (κ1) is 13.4. The van der Waals surface area contributed by atoms with Crippen molar-refractivity contribution < 1.29 is 4.79 Å². The number of hydrogen-bond acceptors (Lipinski definition) is 5. The quantitative estimate of drug-likeness (QED) is 0.805. The molecule has 1 aromatic heterocycles. The standard InChI is InChI=1S/C13H16N4OS/c1-7-4-5-9(8(2)6-7)16-12(18)10-11(14)17-13(15-3)19-10/h4-6H,14H2,1-3H3,(H,15,17)(H,16,18). The smallest absolute Gasteiger partial charge is 0.269 e. The molecule has 0 aliphatic heterocycles. The van der Waals surface area contributed by atoms with Crippen molar-refractivity contribution in [2.24, 2.45) is 0 Å². The number of aryl methyl sites for hydroxylation is 2. The first-order valence-corrected chi connectivity index (χ1v) is 6.65. The molecule has 0 radical (unpaired) electrons. The summed E-state index contributed by atoms with van der Waals surface area (Å²) >= 11 is 1.24. The van der Waals surface area contributed by atoms with Gasteiger partial charge in [-0.25, -0.2) is 4.98 Å². The molecule has 0 atom stereocenters. The van der Waals surface area contributed by atoms with Crippen LogP contribution < -0.4 is 16.4 Å². The first-order valence-electron chi connectivity index (χ1n) is 5.84. The molecule has 0 spiro atoms. The average Bonchev–Trinajstić information content (AvgIpc) is 2.74. The molecule has 19 heavy (non-hydrogen) atoms. The van der Waals surface area contributed by atoms with E-state index in [0.717, 1.165) is 16.8 Å². The SMILES string of the molecule is CNc1nc(N)c(C(=O)Nc2ccc(C)cc2C)s1. The third-order valence-electron chi connectivity index (χ3n) is 2.70. The van der Waals surface area contributed by atoms with Crippen LogP contribution in [0.3, 0.4) is 0 Å². The van der Waals surface area contributed by atoms with Crippen molar-refractivity contribution in [3.05, 3.63) is 34.2 Å². The van der Waals surface area contributed by atoms with Crippen LogP contribution in [-0.4, -0.2) is 17.9 Å². The number of nitrogen functional groups attached to an aromatic ring is 1. The fraction of sp³-hybridized carbons (Fsp3) is 0.231. The Bertz CT molecular complexity index is 621. The fourth-order valence-corrected chi connectivity index (χ4v) is 2.47. The molecule has 0 aliphatic carbocycles. The van der Waals surface area contributed by atoms with Gasteiger partial charge < -0.3 is 16.4 Å². The molecule has 100 valence electrons. The third-order valence-corrected chi connectivity index (χ3v) is 3.79. The second-order valence-electron chi connectivity index (χ2n) is 4.26. The minimum absolute atomic E-state index is 0.233. The van der Waals surface area contributed by atoms with Crippen LogP contribution in [0.5, 0.6) is 0 Å². The summed E-state index contributed by atoms with van der Waals surface area (Å²) in [6.07, 6.45) is 0. The second-order valence-corrected chi connectivity index (χ2v) is 5.25. The molecule has 0 unspecified atom stereocenters. The largest absolute Gasteiger partial charge is 0.382 e. The molecule has 2 rings (SSSR count). The van der Waals surface area contributed by atoms with Crippen molar-refractivity contribution in [3.8, 4) is 0 Å². The van der Waals surface area contributed by atoms with Crippen molar-refractivity contribution in [2.45, 2.75) is 13.8 Å². The molecule has 1 heterocycles. The number of thiazole rings is 1. The van der Waals surface area contributed by atoms with Gasteiger partial charge in [0, 0.05) is 12.7 Å². The van der Waals surface area contributed by atoms with E-state index in [1.54, 1.807) is 7.05 Å². The Hall–Kier alpha value is -2.08. The Labute approximate surface area is 115 Å². The molecule has 0 fully saturated rings. The molecule has 6 heteroatoms. The van der Waals surface area contributed by atoms with Crippen LogP contribution in [0.25, 0.3) is 0 Å². The van der Waals surface area contributed by atoms with Crippen molar-refractivity contribution in [1.82, 2.24) is 4.98 Å². The maximum atomic E-state index is 12.2.